The van der Waals surface area contributed by atoms with Gasteiger partial charge in [0, 0.05) is 23.8 Å². The number of rotatable bonds is 6. The molecule has 118 valence electrons. The number of benzene rings is 2. The van der Waals surface area contributed by atoms with Crippen LogP contribution < -0.4 is 0 Å². The lowest BCUT2D eigenvalue weighted by Crippen LogP contribution is -1.97. The third-order valence-electron chi connectivity index (χ3n) is 3.45. The smallest absolute Gasteiger partial charge is 0.0713 e. The first-order chi connectivity index (χ1) is 11.3. The van der Waals surface area contributed by atoms with E-state index in [2.05, 4.69) is 5.10 Å². The van der Waals surface area contributed by atoms with Gasteiger partial charge in [-0.25, -0.2) is 4.68 Å². The Bertz CT molecular complexity index is 782. The Morgan fingerprint density at radius 1 is 1.04 bits per heavy atom. The molecule has 0 spiro atoms. The lowest BCUT2D eigenvalue weighted by atomic mass is 10.2. The van der Waals surface area contributed by atoms with Crippen molar-refractivity contribution >= 4 is 10.8 Å². The topological polar surface area (TPSA) is 44.1 Å². The molecule has 3 aromatic rings. The number of hydrogen-bond donors (Lipinski definition) is 0. The summed E-state index contributed by atoms with van der Waals surface area (Å²) in [4.78, 5) is 0.817. The van der Waals surface area contributed by atoms with Crippen LogP contribution >= 0.6 is 0 Å². The zero-order valence-corrected chi connectivity index (χ0v) is 13.7. The number of hydrogen-bond acceptors (Lipinski definition) is 3. The first-order valence-corrected chi connectivity index (χ1v) is 8.63. The average Bonchev–Trinajstić information content (AvgIpc) is 3.05. The van der Waals surface area contributed by atoms with Crippen LogP contribution in [-0.4, -0.2) is 21.1 Å². The van der Waals surface area contributed by atoms with Gasteiger partial charge in [0.1, 0.15) is 0 Å². The highest BCUT2D eigenvalue weighted by Crippen LogP contribution is 2.15. The monoisotopic (exact) mass is 326 g/mol. The Morgan fingerprint density at radius 2 is 1.78 bits per heavy atom. The van der Waals surface area contributed by atoms with Gasteiger partial charge in [0.2, 0.25) is 0 Å². The molecule has 3 rings (SSSR count). The quantitative estimate of drug-likeness (QED) is 0.698. The summed E-state index contributed by atoms with van der Waals surface area (Å²) in [6.45, 7) is 0.566. The van der Waals surface area contributed by atoms with Crippen LogP contribution in [0, 0.1) is 0 Å². The molecule has 1 heterocycles. The van der Waals surface area contributed by atoms with Crippen molar-refractivity contribution < 1.29 is 8.95 Å². The number of aromatic nitrogens is 2. The van der Waals surface area contributed by atoms with E-state index in [-0.39, 0.29) is 0 Å². The van der Waals surface area contributed by atoms with Crippen LogP contribution in [0.15, 0.2) is 71.9 Å². The molecule has 5 heteroatoms. The first kappa shape index (κ1) is 15.6. The Morgan fingerprint density at radius 3 is 2.48 bits per heavy atom. The van der Waals surface area contributed by atoms with Crippen molar-refractivity contribution in [2.75, 3.05) is 7.11 Å². The predicted octanol–water partition coefficient (Wildman–Crippen LogP) is 3.33. The van der Waals surface area contributed by atoms with E-state index < -0.39 is 10.8 Å². The summed E-state index contributed by atoms with van der Waals surface area (Å²) >= 11 is 0. The number of methoxy groups -OCH3 is 1. The second-order valence-corrected chi connectivity index (χ2v) is 6.65. The van der Waals surface area contributed by atoms with E-state index in [9.17, 15) is 4.21 Å². The number of ether oxygens (including phenoxy) is 1. The molecule has 0 aliphatic heterocycles. The molecular weight excluding hydrogens is 308 g/mol. The Hall–Kier alpha value is -2.24. The molecule has 0 bridgehead atoms. The third kappa shape index (κ3) is 3.94. The standard InChI is InChI=1S/C18H18N2O2S/c1-22-13-15-7-9-18(10-8-15)23(21)14-16-11-19-20(12-16)17-5-3-2-4-6-17/h2-12H,13-14H2,1H3/t23-/m1/s1. The van der Waals surface area contributed by atoms with Crippen LogP contribution in [0.25, 0.3) is 5.69 Å². The van der Waals surface area contributed by atoms with Crippen molar-refractivity contribution in [2.24, 2.45) is 0 Å². The van der Waals surface area contributed by atoms with Gasteiger partial charge in [0.25, 0.3) is 0 Å². The van der Waals surface area contributed by atoms with Crippen molar-refractivity contribution in [3.05, 3.63) is 78.1 Å². The van der Waals surface area contributed by atoms with Crippen molar-refractivity contribution in [1.29, 1.82) is 0 Å². The molecule has 0 aliphatic rings. The van der Waals surface area contributed by atoms with Crippen LogP contribution in [-0.2, 0) is 27.9 Å². The molecule has 2 aromatic carbocycles. The molecule has 0 fully saturated rings. The summed E-state index contributed by atoms with van der Waals surface area (Å²) in [6.07, 6.45) is 3.69. The largest absolute Gasteiger partial charge is 0.380 e. The SMILES string of the molecule is COCc1ccc([S@](=O)Cc2cnn(-c3ccccc3)c2)cc1. The zero-order valence-electron chi connectivity index (χ0n) is 12.9. The fourth-order valence-corrected chi connectivity index (χ4v) is 3.35. The molecule has 0 aliphatic carbocycles. The Kier molecular flexibility index (Phi) is 5.00. The molecule has 4 nitrogen and oxygen atoms in total. The molecule has 0 radical (unpaired) electrons. The minimum atomic E-state index is -1.08. The van der Waals surface area contributed by atoms with Crippen molar-refractivity contribution in [2.45, 2.75) is 17.3 Å². The Balaban J connectivity index is 1.69. The van der Waals surface area contributed by atoms with Gasteiger partial charge in [-0.3, -0.25) is 4.21 Å². The van der Waals surface area contributed by atoms with E-state index in [1.165, 1.54) is 0 Å². The lowest BCUT2D eigenvalue weighted by molar-refractivity contribution is 0.185. The van der Waals surface area contributed by atoms with E-state index in [0.29, 0.717) is 12.4 Å². The van der Waals surface area contributed by atoms with Crippen LogP contribution in [0.5, 0.6) is 0 Å². The van der Waals surface area contributed by atoms with E-state index in [0.717, 1.165) is 21.7 Å². The number of nitrogens with zero attached hydrogens (tertiary/aromatic N) is 2. The van der Waals surface area contributed by atoms with Crippen LogP contribution in [0.3, 0.4) is 0 Å². The van der Waals surface area contributed by atoms with E-state index in [1.807, 2.05) is 60.8 Å². The van der Waals surface area contributed by atoms with Crippen LogP contribution in [0.2, 0.25) is 0 Å². The zero-order chi connectivity index (χ0) is 16.1. The summed E-state index contributed by atoms with van der Waals surface area (Å²) in [5, 5.41) is 4.34. The summed E-state index contributed by atoms with van der Waals surface area (Å²) in [6, 6.07) is 17.6. The second-order valence-electron chi connectivity index (χ2n) is 5.20. The van der Waals surface area contributed by atoms with Crippen LogP contribution in [0.1, 0.15) is 11.1 Å². The van der Waals surface area contributed by atoms with E-state index in [1.54, 1.807) is 18.0 Å². The van der Waals surface area contributed by atoms with Gasteiger partial charge in [0.15, 0.2) is 0 Å². The maximum absolute atomic E-state index is 12.5. The summed E-state index contributed by atoms with van der Waals surface area (Å²) in [7, 11) is 0.579. The molecule has 0 saturated heterocycles. The van der Waals surface area contributed by atoms with Crippen molar-refractivity contribution in [1.82, 2.24) is 9.78 Å². The van der Waals surface area contributed by atoms with Gasteiger partial charge in [-0.05, 0) is 29.8 Å². The van der Waals surface area contributed by atoms with Gasteiger partial charge in [-0.1, -0.05) is 30.3 Å². The maximum Gasteiger partial charge on any atom is 0.0713 e. The van der Waals surface area contributed by atoms with Gasteiger partial charge < -0.3 is 4.74 Å². The highest BCUT2D eigenvalue weighted by Gasteiger charge is 2.08. The molecule has 0 saturated carbocycles. The molecular formula is C18H18N2O2S. The van der Waals surface area contributed by atoms with Crippen molar-refractivity contribution in [3.8, 4) is 5.69 Å². The summed E-state index contributed by atoms with van der Waals surface area (Å²) < 4.78 is 19.4. The molecule has 0 unspecified atom stereocenters. The van der Waals surface area contributed by atoms with Gasteiger partial charge in [0.05, 0.1) is 35.0 Å². The maximum atomic E-state index is 12.5. The average molecular weight is 326 g/mol. The van der Waals surface area contributed by atoms with Gasteiger partial charge >= 0.3 is 0 Å². The van der Waals surface area contributed by atoms with Crippen molar-refractivity contribution in [3.63, 3.8) is 0 Å². The normalized spacial score (nSPS) is 12.2. The fourth-order valence-electron chi connectivity index (χ4n) is 2.30. The summed E-state index contributed by atoms with van der Waals surface area (Å²) in [5.41, 5.74) is 3.02. The molecule has 23 heavy (non-hydrogen) atoms. The fraction of sp³-hybridized carbons (Fsp3) is 0.167. The predicted molar refractivity (Wildman–Crippen MR) is 90.8 cm³/mol. The molecule has 1 atom stereocenters. The minimum Gasteiger partial charge on any atom is -0.380 e. The van der Waals surface area contributed by atoms with Crippen LogP contribution in [0.4, 0.5) is 0 Å². The highest BCUT2D eigenvalue weighted by molar-refractivity contribution is 7.84. The van der Waals surface area contributed by atoms with E-state index >= 15 is 0 Å². The highest BCUT2D eigenvalue weighted by atomic mass is 32.2. The molecule has 0 N–H and O–H groups in total. The van der Waals surface area contributed by atoms with Gasteiger partial charge in [-0.2, -0.15) is 5.10 Å². The first-order valence-electron chi connectivity index (χ1n) is 7.31. The second kappa shape index (κ2) is 7.35. The summed E-state index contributed by atoms with van der Waals surface area (Å²) in [5.74, 6) is 0.455. The number of para-hydroxylation sites is 1. The molecule has 0 amide bonds. The lowest BCUT2D eigenvalue weighted by Gasteiger charge is -2.03. The van der Waals surface area contributed by atoms with E-state index in [4.69, 9.17) is 4.74 Å². The minimum absolute atomic E-state index is 0.455. The molecule has 1 aromatic heterocycles. The van der Waals surface area contributed by atoms with Gasteiger partial charge in [-0.15, -0.1) is 0 Å². The third-order valence-corrected chi connectivity index (χ3v) is 4.85. The Labute approximate surface area is 138 Å².